The molecule has 0 amide bonds. The topological polar surface area (TPSA) is 29.9 Å². The Bertz CT molecular complexity index is 333. The van der Waals surface area contributed by atoms with E-state index in [1.165, 1.54) is 0 Å². The Morgan fingerprint density at radius 2 is 1.79 bits per heavy atom. The number of aromatic nitrogens is 1. The monoisotopic (exact) mass is 193 g/mol. The van der Waals surface area contributed by atoms with E-state index in [-0.39, 0.29) is 5.54 Å². The third-order valence-electron chi connectivity index (χ3n) is 1.93. The first-order chi connectivity index (χ1) is 6.39. The number of rotatable bonds is 1. The minimum Gasteiger partial charge on any atom is -0.623 e. The molecule has 14 heavy (non-hydrogen) atoms. The molecule has 1 heterocycles. The van der Waals surface area contributed by atoms with Crippen LogP contribution < -0.4 is 4.57 Å². The van der Waals surface area contributed by atoms with E-state index in [0.717, 1.165) is 10.3 Å². The molecule has 1 rings (SSSR count). The van der Waals surface area contributed by atoms with E-state index in [1.54, 1.807) is 6.21 Å². The number of nitrogens with zero attached hydrogens (tertiary/aromatic N) is 2. The summed E-state index contributed by atoms with van der Waals surface area (Å²) in [6, 6.07) is 3.83. The van der Waals surface area contributed by atoms with Crippen molar-refractivity contribution in [3.8, 4) is 0 Å². The standard InChI is InChI=1S/C11H17N2O/c1-11(2,3)13(14)9-10-5-7-12(4)8-6-10/h5-9H,1-4H3/q+1/b13-9-. The van der Waals surface area contributed by atoms with Gasteiger partial charge in [-0.05, 0) is 0 Å². The van der Waals surface area contributed by atoms with Crippen LogP contribution in [0.1, 0.15) is 26.3 Å². The lowest BCUT2D eigenvalue weighted by Crippen LogP contribution is -2.30. The van der Waals surface area contributed by atoms with Crippen LogP contribution in [0.15, 0.2) is 24.5 Å². The normalized spacial score (nSPS) is 13.0. The van der Waals surface area contributed by atoms with E-state index in [2.05, 4.69) is 0 Å². The van der Waals surface area contributed by atoms with Gasteiger partial charge in [0.2, 0.25) is 0 Å². The zero-order chi connectivity index (χ0) is 10.8. The average Bonchev–Trinajstić information content (AvgIpc) is 2.07. The van der Waals surface area contributed by atoms with Gasteiger partial charge in [-0.3, -0.25) is 0 Å². The molecule has 76 valence electrons. The predicted octanol–water partition coefficient (Wildman–Crippen LogP) is 1.24. The molecular formula is C11H17N2O+. The molecule has 0 bridgehead atoms. The molecule has 3 heteroatoms. The maximum absolute atomic E-state index is 11.6. The Kier molecular flexibility index (Phi) is 2.89. The number of hydroxylamine groups is 1. The zero-order valence-corrected chi connectivity index (χ0v) is 9.19. The summed E-state index contributed by atoms with van der Waals surface area (Å²) in [5.74, 6) is 0. The van der Waals surface area contributed by atoms with E-state index in [9.17, 15) is 5.21 Å². The first kappa shape index (κ1) is 10.7. The van der Waals surface area contributed by atoms with Gasteiger partial charge in [-0.25, -0.2) is 9.31 Å². The lowest BCUT2D eigenvalue weighted by molar-refractivity contribution is -0.671. The van der Waals surface area contributed by atoms with Gasteiger partial charge in [0.1, 0.15) is 7.05 Å². The van der Waals surface area contributed by atoms with Crippen LogP contribution in [-0.4, -0.2) is 16.5 Å². The van der Waals surface area contributed by atoms with Gasteiger partial charge in [-0.1, -0.05) is 0 Å². The second-order valence-corrected chi connectivity index (χ2v) is 4.42. The predicted molar refractivity (Wildman–Crippen MR) is 56.2 cm³/mol. The highest BCUT2D eigenvalue weighted by atomic mass is 16.5. The minimum absolute atomic E-state index is 0.377. The summed E-state index contributed by atoms with van der Waals surface area (Å²) in [6.07, 6.45) is 5.45. The molecule has 0 aliphatic carbocycles. The van der Waals surface area contributed by atoms with Crippen LogP contribution in [-0.2, 0) is 7.05 Å². The highest BCUT2D eigenvalue weighted by molar-refractivity contribution is 5.75. The van der Waals surface area contributed by atoms with Crippen molar-refractivity contribution in [2.75, 3.05) is 0 Å². The lowest BCUT2D eigenvalue weighted by Gasteiger charge is -2.18. The quantitative estimate of drug-likeness (QED) is 0.285. The molecule has 0 unspecified atom stereocenters. The second-order valence-electron chi connectivity index (χ2n) is 4.42. The SMILES string of the molecule is C[n+]1ccc(/C=[N+](\[O-])C(C)(C)C)cc1. The van der Waals surface area contributed by atoms with Crippen LogP contribution >= 0.6 is 0 Å². The maximum atomic E-state index is 11.6. The minimum atomic E-state index is -0.377. The number of pyridine rings is 1. The summed E-state index contributed by atoms with van der Waals surface area (Å²) in [6.45, 7) is 5.66. The molecule has 1 aromatic heterocycles. The van der Waals surface area contributed by atoms with Crippen molar-refractivity contribution >= 4 is 6.21 Å². The first-order valence-electron chi connectivity index (χ1n) is 4.66. The molecule has 0 aliphatic rings. The van der Waals surface area contributed by atoms with E-state index < -0.39 is 0 Å². The molecule has 0 radical (unpaired) electrons. The smallest absolute Gasteiger partial charge is 0.182 e. The summed E-state index contributed by atoms with van der Waals surface area (Å²) in [5.41, 5.74) is 0.547. The number of hydrogen-bond donors (Lipinski definition) is 0. The largest absolute Gasteiger partial charge is 0.623 e. The Hall–Kier alpha value is -1.38. The van der Waals surface area contributed by atoms with Gasteiger partial charge in [-0.2, -0.15) is 0 Å². The van der Waals surface area contributed by atoms with Gasteiger partial charge in [0.25, 0.3) is 0 Å². The number of hydrogen-bond acceptors (Lipinski definition) is 1. The molecule has 0 aliphatic heterocycles. The van der Waals surface area contributed by atoms with Crippen LogP contribution in [0.5, 0.6) is 0 Å². The van der Waals surface area contributed by atoms with Gasteiger partial charge in [-0.15, -0.1) is 0 Å². The van der Waals surface area contributed by atoms with Gasteiger partial charge in [0.05, 0.1) is 5.56 Å². The Labute approximate surface area is 84.9 Å². The van der Waals surface area contributed by atoms with Crippen molar-refractivity contribution in [3.63, 3.8) is 0 Å². The molecule has 3 nitrogen and oxygen atoms in total. The first-order valence-corrected chi connectivity index (χ1v) is 4.66. The molecule has 0 N–H and O–H groups in total. The molecule has 1 aromatic rings. The van der Waals surface area contributed by atoms with Crippen LogP contribution in [0.25, 0.3) is 0 Å². The molecule has 0 fully saturated rings. The van der Waals surface area contributed by atoms with Crippen molar-refractivity contribution in [2.24, 2.45) is 7.05 Å². The molecule has 0 atom stereocenters. The highest BCUT2D eigenvalue weighted by Crippen LogP contribution is 2.05. The fourth-order valence-electron chi connectivity index (χ4n) is 0.928. The fraction of sp³-hybridized carbons (Fsp3) is 0.455. The van der Waals surface area contributed by atoms with Gasteiger partial charge in [0, 0.05) is 32.9 Å². The molecule has 0 spiro atoms. The fourth-order valence-corrected chi connectivity index (χ4v) is 0.928. The summed E-state index contributed by atoms with van der Waals surface area (Å²) in [7, 11) is 1.95. The summed E-state index contributed by atoms with van der Waals surface area (Å²) in [5, 5.41) is 11.6. The third-order valence-corrected chi connectivity index (χ3v) is 1.93. The van der Waals surface area contributed by atoms with E-state index in [4.69, 9.17) is 0 Å². The van der Waals surface area contributed by atoms with Crippen molar-refractivity contribution in [1.82, 2.24) is 0 Å². The van der Waals surface area contributed by atoms with Gasteiger partial charge < -0.3 is 5.21 Å². The summed E-state index contributed by atoms with van der Waals surface area (Å²) >= 11 is 0. The van der Waals surface area contributed by atoms with Crippen molar-refractivity contribution < 1.29 is 9.31 Å². The Morgan fingerprint density at radius 1 is 1.29 bits per heavy atom. The summed E-state index contributed by atoms with van der Waals surface area (Å²) in [4.78, 5) is 0. The van der Waals surface area contributed by atoms with E-state index in [1.807, 2.05) is 56.9 Å². The van der Waals surface area contributed by atoms with Gasteiger partial charge >= 0.3 is 0 Å². The highest BCUT2D eigenvalue weighted by Gasteiger charge is 2.17. The van der Waals surface area contributed by atoms with Crippen LogP contribution in [0, 0.1) is 5.21 Å². The third kappa shape index (κ3) is 2.83. The second kappa shape index (κ2) is 3.78. The average molecular weight is 193 g/mol. The zero-order valence-electron chi connectivity index (χ0n) is 9.19. The Morgan fingerprint density at radius 3 is 2.21 bits per heavy atom. The van der Waals surface area contributed by atoms with Crippen molar-refractivity contribution in [2.45, 2.75) is 26.3 Å². The van der Waals surface area contributed by atoms with Crippen LogP contribution in [0.4, 0.5) is 0 Å². The van der Waals surface area contributed by atoms with E-state index in [0.29, 0.717) is 0 Å². The van der Waals surface area contributed by atoms with E-state index >= 15 is 0 Å². The van der Waals surface area contributed by atoms with Crippen molar-refractivity contribution in [3.05, 3.63) is 35.3 Å². The molecule has 0 aromatic carbocycles. The molecule has 0 saturated carbocycles. The van der Waals surface area contributed by atoms with Gasteiger partial charge in [0.15, 0.2) is 24.1 Å². The lowest BCUT2D eigenvalue weighted by atomic mass is 10.1. The molecular weight excluding hydrogens is 176 g/mol. The summed E-state index contributed by atoms with van der Waals surface area (Å²) < 4.78 is 2.91. The Balaban J connectivity index is 2.93. The number of aryl methyl sites for hydroxylation is 1. The maximum Gasteiger partial charge on any atom is 0.182 e. The van der Waals surface area contributed by atoms with Crippen LogP contribution in [0.3, 0.4) is 0 Å². The van der Waals surface area contributed by atoms with Crippen molar-refractivity contribution in [1.29, 1.82) is 0 Å². The molecule has 0 saturated heterocycles. The van der Waals surface area contributed by atoms with Crippen LogP contribution in [0.2, 0.25) is 0 Å².